The van der Waals surface area contributed by atoms with Crippen molar-refractivity contribution >= 4 is 11.1 Å². The van der Waals surface area contributed by atoms with E-state index in [0.717, 1.165) is 5.57 Å². The smallest absolute Gasteiger partial charge is 0.152 e. The fourth-order valence-electron chi connectivity index (χ4n) is 0.906. The molecular weight excluding hydrogens is 204 g/mol. The van der Waals surface area contributed by atoms with Crippen LogP contribution in [0.1, 0.15) is 20.3 Å². The zero-order valence-electron chi connectivity index (χ0n) is 8.77. The van der Waals surface area contributed by atoms with Crippen molar-refractivity contribution in [1.29, 1.82) is 0 Å². The van der Waals surface area contributed by atoms with Crippen LogP contribution in [0.2, 0.25) is 0 Å². The third-order valence-electron chi connectivity index (χ3n) is 1.73. The van der Waals surface area contributed by atoms with Crippen LogP contribution in [0.4, 0.5) is 0 Å². The first-order valence-electron chi connectivity index (χ1n) is 4.43. The molecule has 0 rings (SSSR count). The Balaban J connectivity index is 3.90. The van der Waals surface area contributed by atoms with E-state index in [-0.39, 0.29) is 6.61 Å². The van der Waals surface area contributed by atoms with Gasteiger partial charge in [-0.3, -0.25) is 4.18 Å². The van der Waals surface area contributed by atoms with Crippen molar-refractivity contribution in [3.8, 4) is 0 Å². The Morgan fingerprint density at radius 3 is 2.57 bits per heavy atom. The minimum Gasteiger partial charge on any atom is -0.393 e. The van der Waals surface area contributed by atoms with E-state index in [1.165, 1.54) is 6.26 Å². The molecule has 1 unspecified atom stereocenters. The molecule has 0 saturated carbocycles. The summed E-state index contributed by atoms with van der Waals surface area (Å²) in [7, 11) is 0. The molecule has 5 heteroatoms. The van der Waals surface area contributed by atoms with Crippen LogP contribution in [0.3, 0.4) is 0 Å². The van der Waals surface area contributed by atoms with Gasteiger partial charge in [0.15, 0.2) is 11.1 Å². The van der Waals surface area contributed by atoms with E-state index in [9.17, 15) is 9.32 Å². The molecule has 0 fully saturated rings. The highest BCUT2D eigenvalue weighted by atomic mass is 32.2. The quantitative estimate of drug-likeness (QED) is 0.637. The summed E-state index contributed by atoms with van der Waals surface area (Å²) in [6.07, 6.45) is 2.21. The first-order chi connectivity index (χ1) is 6.43. The van der Waals surface area contributed by atoms with Gasteiger partial charge in [0.2, 0.25) is 0 Å². The molecule has 0 aromatic carbocycles. The fraction of sp³-hybridized carbons (Fsp3) is 0.778. The van der Waals surface area contributed by atoms with Crippen molar-refractivity contribution in [3.05, 3.63) is 11.6 Å². The van der Waals surface area contributed by atoms with Crippen LogP contribution in [0.15, 0.2) is 11.6 Å². The maximum atomic E-state index is 10.5. The predicted molar refractivity (Wildman–Crippen MR) is 56.1 cm³/mol. The van der Waals surface area contributed by atoms with Crippen molar-refractivity contribution in [2.24, 2.45) is 0 Å². The van der Waals surface area contributed by atoms with Crippen molar-refractivity contribution in [1.82, 2.24) is 0 Å². The highest BCUT2D eigenvalue weighted by Gasteiger charge is 2.09. The number of hydrogen-bond donors (Lipinski definition) is 2. The lowest BCUT2D eigenvalue weighted by atomic mass is 10.1. The number of hydrogen-bond acceptors (Lipinski definition) is 4. The maximum Gasteiger partial charge on any atom is 0.152 e. The van der Waals surface area contributed by atoms with Gasteiger partial charge in [0, 0.05) is 12.7 Å². The van der Waals surface area contributed by atoms with Gasteiger partial charge in [0.1, 0.15) is 0 Å². The average Bonchev–Trinajstić information content (AvgIpc) is 2.01. The van der Waals surface area contributed by atoms with Crippen LogP contribution in [0.5, 0.6) is 0 Å². The molecule has 14 heavy (non-hydrogen) atoms. The SMILES string of the molecule is C/C(=C\COS(C)=O)[C@@H](O)C[C@@H](C)O. The average molecular weight is 222 g/mol. The lowest BCUT2D eigenvalue weighted by Gasteiger charge is -2.12. The van der Waals surface area contributed by atoms with Gasteiger partial charge in [-0.05, 0) is 19.4 Å². The molecule has 0 spiro atoms. The van der Waals surface area contributed by atoms with Gasteiger partial charge in [-0.1, -0.05) is 6.08 Å². The zero-order chi connectivity index (χ0) is 11.1. The summed E-state index contributed by atoms with van der Waals surface area (Å²) in [6, 6.07) is 0. The Hall–Kier alpha value is -0.230. The van der Waals surface area contributed by atoms with Gasteiger partial charge < -0.3 is 10.2 Å². The highest BCUT2D eigenvalue weighted by Crippen LogP contribution is 2.08. The molecule has 84 valence electrons. The van der Waals surface area contributed by atoms with E-state index in [2.05, 4.69) is 0 Å². The molecule has 0 heterocycles. The number of aliphatic hydroxyl groups is 2. The molecule has 2 N–H and O–H groups in total. The van der Waals surface area contributed by atoms with Gasteiger partial charge in [-0.25, -0.2) is 4.21 Å². The lowest BCUT2D eigenvalue weighted by Crippen LogP contribution is -2.16. The van der Waals surface area contributed by atoms with Crippen molar-refractivity contribution in [2.75, 3.05) is 12.9 Å². The minimum atomic E-state index is -1.28. The largest absolute Gasteiger partial charge is 0.393 e. The van der Waals surface area contributed by atoms with Crippen LogP contribution >= 0.6 is 0 Å². The van der Waals surface area contributed by atoms with E-state index >= 15 is 0 Å². The molecule has 0 bridgehead atoms. The normalized spacial score (nSPS) is 19.1. The van der Waals surface area contributed by atoms with E-state index in [1.807, 2.05) is 0 Å². The Kier molecular flexibility index (Phi) is 7.00. The van der Waals surface area contributed by atoms with Gasteiger partial charge in [0.05, 0.1) is 18.8 Å². The monoisotopic (exact) mass is 222 g/mol. The molecule has 3 atom stereocenters. The van der Waals surface area contributed by atoms with Gasteiger partial charge >= 0.3 is 0 Å². The fourth-order valence-corrected chi connectivity index (χ4v) is 1.17. The van der Waals surface area contributed by atoms with Gasteiger partial charge in [-0.15, -0.1) is 0 Å². The summed E-state index contributed by atoms with van der Waals surface area (Å²) in [4.78, 5) is 0. The van der Waals surface area contributed by atoms with Crippen LogP contribution in [0.25, 0.3) is 0 Å². The minimum absolute atomic E-state index is 0.214. The Morgan fingerprint density at radius 1 is 1.57 bits per heavy atom. The second kappa shape index (κ2) is 7.11. The van der Waals surface area contributed by atoms with Crippen LogP contribution < -0.4 is 0 Å². The second-order valence-corrected chi connectivity index (χ2v) is 4.27. The summed E-state index contributed by atoms with van der Waals surface area (Å²) in [5, 5.41) is 18.5. The molecule has 4 nitrogen and oxygen atoms in total. The van der Waals surface area contributed by atoms with Gasteiger partial charge in [-0.2, -0.15) is 0 Å². The third kappa shape index (κ3) is 7.20. The number of aliphatic hydroxyl groups excluding tert-OH is 2. The molecule has 0 aromatic heterocycles. The Bertz CT molecular complexity index is 213. The van der Waals surface area contributed by atoms with E-state index in [0.29, 0.717) is 6.42 Å². The number of rotatable bonds is 6. The molecule has 0 aliphatic rings. The maximum absolute atomic E-state index is 10.5. The summed E-state index contributed by atoms with van der Waals surface area (Å²) in [5.74, 6) is 0. The van der Waals surface area contributed by atoms with Gasteiger partial charge in [0.25, 0.3) is 0 Å². The van der Waals surface area contributed by atoms with Crippen molar-refractivity contribution in [2.45, 2.75) is 32.5 Å². The summed E-state index contributed by atoms with van der Waals surface area (Å²) in [5.41, 5.74) is 0.719. The van der Waals surface area contributed by atoms with Crippen LogP contribution in [0, 0.1) is 0 Å². The molecule has 0 aliphatic carbocycles. The molecule has 0 saturated heterocycles. The highest BCUT2D eigenvalue weighted by molar-refractivity contribution is 7.79. The molecule has 0 aromatic rings. The second-order valence-electron chi connectivity index (χ2n) is 3.23. The van der Waals surface area contributed by atoms with Crippen LogP contribution in [-0.4, -0.2) is 39.5 Å². The van der Waals surface area contributed by atoms with Crippen molar-refractivity contribution < 1.29 is 18.6 Å². The van der Waals surface area contributed by atoms with Crippen LogP contribution in [-0.2, 0) is 15.3 Å². The lowest BCUT2D eigenvalue weighted by molar-refractivity contribution is 0.110. The Labute approximate surface area is 87.3 Å². The molecule has 0 aliphatic heterocycles. The first kappa shape index (κ1) is 13.8. The predicted octanol–water partition coefficient (Wildman–Crippen LogP) is 0.375. The Morgan fingerprint density at radius 2 is 2.14 bits per heavy atom. The summed E-state index contributed by atoms with van der Waals surface area (Å²) < 4.78 is 15.3. The standard InChI is InChI=1S/C9H18O4S/c1-7(4-5-13-14(3)12)9(11)6-8(2)10/h4,8-11H,5-6H2,1-3H3/b7-4+/t8-,9+,14?/m1/s1. The molecule has 0 radical (unpaired) electrons. The van der Waals surface area contributed by atoms with E-state index in [4.69, 9.17) is 9.29 Å². The summed E-state index contributed by atoms with van der Waals surface area (Å²) in [6.45, 7) is 3.58. The molecular formula is C9H18O4S. The van der Waals surface area contributed by atoms with E-state index < -0.39 is 23.3 Å². The first-order valence-corrected chi connectivity index (χ1v) is 5.91. The third-order valence-corrected chi connectivity index (χ3v) is 2.20. The molecule has 0 amide bonds. The topological polar surface area (TPSA) is 66.8 Å². The van der Waals surface area contributed by atoms with Crippen molar-refractivity contribution in [3.63, 3.8) is 0 Å². The van der Waals surface area contributed by atoms with E-state index in [1.54, 1.807) is 19.9 Å². The summed E-state index contributed by atoms with van der Waals surface area (Å²) >= 11 is -1.28. The zero-order valence-corrected chi connectivity index (χ0v) is 9.58.